The molecule has 0 saturated heterocycles. The minimum absolute atomic E-state index is 0.553. The van der Waals surface area contributed by atoms with Crippen LogP contribution >= 0.6 is 0 Å². The molecule has 1 atom stereocenters. The first-order valence-corrected chi connectivity index (χ1v) is 4.49. The highest BCUT2D eigenvalue weighted by molar-refractivity contribution is 4.97. The number of allylic oxidation sites excluding steroid dienone is 3. The van der Waals surface area contributed by atoms with Gasteiger partial charge in [-0.15, -0.1) is 0 Å². The van der Waals surface area contributed by atoms with Gasteiger partial charge in [-0.2, -0.15) is 0 Å². The number of nitrogens with one attached hydrogen (secondary N) is 1. The van der Waals surface area contributed by atoms with Crippen molar-refractivity contribution < 1.29 is 0 Å². The third-order valence-corrected chi connectivity index (χ3v) is 1.71. The fourth-order valence-electron chi connectivity index (χ4n) is 0.913. The van der Waals surface area contributed by atoms with Gasteiger partial charge in [0.2, 0.25) is 0 Å². The van der Waals surface area contributed by atoms with E-state index >= 15 is 0 Å². The van der Waals surface area contributed by atoms with Crippen molar-refractivity contribution in [1.29, 1.82) is 0 Å². The molecule has 0 aliphatic carbocycles. The molecule has 1 N–H and O–H groups in total. The minimum Gasteiger partial charge on any atom is -0.388 e. The average Bonchev–Trinajstić information content (AvgIpc) is 2.11. The molecule has 0 bridgehead atoms. The normalized spacial score (nSPS) is 13.8. The van der Waals surface area contributed by atoms with E-state index in [0.29, 0.717) is 6.04 Å². The van der Waals surface area contributed by atoms with Gasteiger partial charge in [-0.1, -0.05) is 31.7 Å². The second kappa shape index (κ2) is 8.12. The second-order valence-electron chi connectivity index (χ2n) is 2.67. The summed E-state index contributed by atoms with van der Waals surface area (Å²) >= 11 is 0. The van der Waals surface area contributed by atoms with Crippen LogP contribution < -0.4 is 5.32 Å². The van der Waals surface area contributed by atoms with Crippen LogP contribution in [0.15, 0.2) is 37.1 Å². The van der Waals surface area contributed by atoms with E-state index in [-0.39, 0.29) is 0 Å². The zero-order valence-corrected chi connectivity index (χ0v) is 8.09. The summed E-state index contributed by atoms with van der Waals surface area (Å²) in [5.41, 5.74) is 0. The van der Waals surface area contributed by atoms with E-state index in [1.807, 2.05) is 19.2 Å². The monoisotopic (exact) mass is 165 g/mol. The van der Waals surface area contributed by atoms with Crippen molar-refractivity contribution in [2.45, 2.75) is 32.7 Å². The van der Waals surface area contributed by atoms with Crippen LogP contribution in [0.25, 0.3) is 0 Å². The molecule has 0 aromatic rings. The van der Waals surface area contributed by atoms with Crippen molar-refractivity contribution in [2.24, 2.45) is 0 Å². The maximum atomic E-state index is 3.60. The minimum atomic E-state index is 0.553. The Balaban J connectivity index is 3.66. The molecule has 0 saturated carbocycles. The van der Waals surface area contributed by atoms with E-state index in [1.54, 1.807) is 6.08 Å². The summed E-state index contributed by atoms with van der Waals surface area (Å²) in [4.78, 5) is 0. The van der Waals surface area contributed by atoms with E-state index in [1.165, 1.54) is 0 Å². The van der Waals surface area contributed by atoms with E-state index in [9.17, 15) is 0 Å². The van der Waals surface area contributed by atoms with E-state index in [4.69, 9.17) is 0 Å². The molecule has 68 valence electrons. The predicted molar refractivity (Wildman–Crippen MR) is 56.0 cm³/mol. The van der Waals surface area contributed by atoms with Gasteiger partial charge in [0.1, 0.15) is 0 Å². The molecule has 0 aromatic carbocycles. The standard InChI is InChI=1S/C11H19N/c1-4-7-9-11(6-3)12-10-8-5-2/h4-5,7-8,10-12H,2,6,9H2,1,3H3/b7-4-,10-8-. The SMILES string of the molecule is C=C/C=C\NC(CC)C/C=C\C. The van der Waals surface area contributed by atoms with Crippen molar-refractivity contribution in [2.75, 3.05) is 0 Å². The van der Waals surface area contributed by atoms with Crippen molar-refractivity contribution >= 4 is 0 Å². The zero-order valence-electron chi connectivity index (χ0n) is 8.09. The van der Waals surface area contributed by atoms with Gasteiger partial charge < -0.3 is 5.32 Å². The predicted octanol–water partition coefficient (Wildman–Crippen LogP) is 3.02. The molecular formula is C11H19N. The summed E-state index contributed by atoms with van der Waals surface area (Å²) in [5.74, 6) is 0. The summed E-state index contributed by atoms with van der Waals surface area (Å²) in [5, 5.41) is 3.30. The van der Waals surface area contributed by atoms with Gasteiger partial charge in [0.25, 0.3) is 0 Å². The third-order valence-electron chi connectivity index (χ3n) is 1.71. The van der Waals surface area contributed by atoms with Gasteiger partial charge in [-0.25, -0.2) is 0 Å². The van der Waals surface area contributed by atoms with Crippen LogP contribution in [-0.2, 0) is 0 Å². The van der Waals surface area contributed by atoms with Crippen LogP contribution in [0, 0.1) is 0 Å². The fourth-order valence-corrected chi connectivity index (χ4v) is 0.913. The first-order chi connectivity index (χ1) is 5.85. The van der Waals surface area contributed by atoms with E-state index in [2.05, 4.69) is 31.0 Å². The van der Waals surface area contributed by atoms with Crippen LogP contribution in [0.3, 0.4) is 0 Å². The lowest BCUT2D eigenvalue weighted by Gasteiger charge is -2.11. The molecule has 0 rings (SSSR count). The van der Waals surface area contributed by atoms with Crippen LogP contribution in [0.5, 0.6) is 0 Å². The van der Waals surface area contributed by atoms with Crippen molar-refractivity contribution in [1.82, 2.24) is 5.32 Å². The Bertz CT molecular complexity index is 156. The molecule has 0 aliphatic heterocycles. The van der Waals surface area contributed by atoms with Gasteiger partial charge >= 0.3 is 0 Å². The topological polar surface area (TPSA) is 12.0 Å². The lowest BCUT2D eigenvalue weighted by atomic mass is 10.1. The maximum absolute atomic E-state index is 3.60. The van der Waals surface area contributed by atoms with Crippen molar-refractivity contribution in [3.63, 3.8) is 0 Å². The van der Waals surface area contributed by atoms with Crippen molar-refractivity contribution in [3.05, 3.63) is 37.1 Å². The molecule has 1 heteroatoms. The summed E-state index contributed by atoms with van der Waals surface area (Å²) in [6.07, 6.45) is 12.1. The number of hydrogen-bond acceptors (Lipinski definition) is 1. The Morgan fingerprint density at radius 1 is 1.50 bits per heavy atom. The molecule has 0 aromatic heterocycles. The molecule has 1 nitrogen and oxygen atoms in total. The molecule has 0 radical (unpaired) electrons. The smallest absolute Gasteiger partial charge is 0.0287 e. The lowest BCUT2D eigenvalue weighted by Crippen LogP contribution is -2.22. The highest BCUT2D eigenvalue weighted by Crippen LogP contribution is 1.98. The van der Waals surface area contributed by atoms with Gasteiger partial charge in [0.15, 0.2) is 0 Å². The third kappa shape index (κ3) is 5.78. The Labute approximate surface area is 75.9 Å². The highest BCUT2D eigenvalue weighted by Gasteiger charge is 1.98. The van der Waals surface area contributed by atoms with Gasteiger partial charge in [0.05, 0.1) is 0 Å². The van der Waals surface area contributed by atoms with Gasteiger partial charge in [-0.05, 0) is 32.0 Å². The average molecular weight is 165 g/mol. The number of rotatable bonds is 6. The van der Waals surface area contributed by atoms with E-state index < -0.39 is 0 Å². The quantitative estimate of drug-likeness (QED) is 0.471. The first kappa shape index (κ1) is 11.0. The van der Waals surface area contributed by atoms with Crippen LogP contribution in [-0.4, -0.2) is 6.04 Å². The fraction of sp³-hybridized carbons (Fsp3) is 0.455. The summed E-state index contributed by atoms with van der Waals surface area (Å²) in [6.45, 7) is 7.84. The second-order valence-corrected chi connectivity index (χ2v) is 2.67. The molecule has 12 heavy (non-hydrogen) atoms. The Morgan fingerprint density at radius 3 is 2.75 bits per heavy atom. The summed E-state index contributed by atoms with van der Waals surface area (Å²) < 4.78 is 0. The Morgan fingerprint density at radius 2 is 2.25 bits per heavy atom. The van der Waals surface area contributed by atoms with Gasteiger partial charge in [0, 0.05) is 6.04 Å². The van der Waals surface area contributed by atoms with Crippen molar-refractivity contribution in [3.8, 4) is 0 Å². The Hall–Kier alpha value is -0.980. The molecular weight excluding hydrogens is 146 g/mol. The summed E-state index contributed by atoms with van der Waals surface area (Å²) in [7, 11) is 0. The number of hydrogen-bond donors (Lipinski definition) is 1. The van der Waals surface area contributed by atoms with Gasteiger partial charge in [-0.3, -0.25) is 0 Å². The molecule has 1 unspecified atom stereocenters. The highest BCUT2D eigenvalue weighted by atomic mass is 14.9. The molecule has 0 aliphatic rings. The summed E-state index contributed by atoms with van der Waals surface area (Å²) in [6, 6.07) is 0.553. The molecule has 0 fully saturated rings. The van der Waals surface area contributed by atoms with Crippen LogP contribution in [0.4, 0.5) is 0 Å². The Kier molecular flexibility index (Phi) is 7.46. The maximum Gasteiger partial charge on any atom is 0.0287 e. The first-order valence-electron chi connectivity index (χ1n) is 4.49. The van der Waals surface area contributed by atoms with E-state index in [0.717, 1.165) is 12.8 Å². The largest absolute Gasteiger partial charge is 0.388 e. The molecule has 0 amide bonds. The zero-order chi connectivity index (χ0) is 9.23. The van der Waals surface area contributed by atoms with Crippen LogP contribution in [0.2, 0.25) is 0 Å². The molecule has 0 spiro atoms. The molecule has 0 heterocycles. The lowest BCUT2D eigenvalue weighted by molar-refractivity contribution is 0.574. The van der Waals surface area contributed by atoms with Crippen LogP contribution in [0.1, 0.15) is 26.7 Å².